The molecule has 19 heavy (non-hydrogen) atoms. The van der Waals surface area contributed by atoms with Gasteiger partial charge in [-0.1, -0.05) is 29.8 Å². The molecule has 0 radical (unpaired) electrons. The van der Waals surface area contributed by atoms with Crippen LogP contribution in [0.1, 0.15) is 30.1 Å². The van der Waals surface area contributed by atoms with Crippen LogP contribution >= 0.6 is 0 Å². The summed E-state index contributed by atoms with van der Waals surface area (Å²) in [6.45, 7) is 2.38. The minimum absolute atomic E-state index is 0.0294. The lowest BCUT2D eigenvalue weighted by Crippen LogP contribution is -2.41. The minimum Gasteiger partial charge on any atom is -0.387 e. The van der Waals surface area contributed by atoms with Crippen LogP contribution in [0.25, 0.3) is 0 Å². The van der Waals surface area contributed by atoms with Gasteiger partial charge in [0.05, 0.1) is 17.6 Å². The highest BCUT2D eigenvalue weighted by Crippen LogP contribution is 2.16. The van der Waals surface area contributed by atoms with E-state index in [0.717, 1.165) is 17.5 Å². The summed E-state index contributed by atoms with van der Waals surface area (Å²) in [4.78, 5) is 0. The van der Waals surface area contributed by atoms with Crippen molar-refractivity contribution in [2.75, 3.05) is 18.1 Å². The van der Waals surface area contributed by atoms with E-state index in [1.807, 2.05) is 31.2 Å². The van der Waals surface area contributed by atoms with Gasteiger partial charge < -0.3 is 10.4 Å². The molecule has 1 aromatic rings. The fourth-order valence-electron chi connectivity index (χ4n) is 2.46. The summed E-state index contributed by atoms with van der Waals surface area (Å²) in [5.41, 5.74) is 1.97. The smallest absolute Gasteiger partial charge is 0.151 e. The lowest BCUT2D eigenvalue weighted by Gasteiger charge is -2.24. The molecule has 5 heteroatoms. The highest BCUT2D eigenvalue weighted by atomic mass is 32.2. The Morgan fingerprint density at radius 3 is 2.95 bits per heavy atom. The standard InChI is InChI=1S/C14H21NO3S/c1-11-4-2-5-12(8-11)14(16)9-15-13-6-3-7-19(17,18)10-13/h2,4-5,8,13-16H,3,6-7,9-10H2,1H3. The lowest BCUT2D eigenvalue weighted by atomic mass is 10.1. The number of aryl methyl sites for hydroxylation is 1. The van der Waals surface area contributed by atoms with Gasteiger partial charge in [0, 0.05) is 12.6 Å². The van der Waals surface area contributed by atoms with E-state index in [1.165, 1.54) is 0 Å². The second-order valence-electron chi connectivity index (χ2n) is 5.29. The zero-order valence-electron chi connectivity index (χ0n) is 11.2. The summed E-state index contributed by atoms with van der Waals surface area (Å²) >= 11 is 0. The highest BCUT2D eigenvalue weighted by Gasteiger charge is 2.24. The summed E-state index contributed by atoms with van der Waals surface area (Å²) in [6, 6.07) is 7.70. The van der Waals surface area contributed by atoms with Crippen LogP contribution in [0.15, 0.2) is 24.3 Å². The van der Waals surface area contributed by atoms with Gasteiger partial charge in [-0.15, -0.1) is 0 Å². The van der Waals surface area contributed by atoms with E-state index >= 15 is 0 Å². The maximum Gasteiger partial charge on any atom is 0.151 e. The van der Waals surface area contributed by atoms with Crippen LogP contribution in [0.4, 0.5) is 0 Å². The van der Waals surface area contributed by atoms with E-state index in [0.29, 0.717) is 18.7 Å². The second kappa shape index (κ2) is 6.03. The molecule has 1 aliphatic heterocycles. The van der Waals surface area contributed by atoms with Crippen molar-refractivity contribution in [2.45, 2.75) is 31.9 Å². The Hall–Kier alpha value is -0.910. The molecule has 1 aromatic carbocycles. The van der Waals surface area contributed by atoms with Crippen molar-refractivity contribution in [1.29, 1.82) is 0 Å². The molecule has 0 amide bonds. The molecular weight excluding hydrogens is 262 g/mol. The molecule has 2 atom stereocenters. The summed E-state index contributed by atoms with van der Waals surface area (Å²) in [6.07, 6.45) is 0.977. The first-order valence-corrected chi connectivity index (χ1v) is 8.47. The van der Waals surface area contributed by atoms with Gasteiger partial charge in [0.1, 0.15) is 0 Å². The predicted octanol–water partition coefficient (Wildman–Crippen LogP) is 1.20. The van der Waals surface area contributed by atoms with E-state index in [4.69, 9.17) is 0 Å². The Kier molecular flexibility index (Phi) is 4.60. The molecule has 0 saturated carbocycles. The monoisotopic (exact) mass is 283 g/mol. The molecule has 0 spiro atoms. The number of benzene rings is 1. The summed E-state index contributed by atoms with van der Waals surface area (Å²) in [5.74, 6) is 0.485. The quantitative estimate of drug-likeness (QED) is 0.871. The van der Waals surface area contributed by atoms with Crippen LogP contribution < -0.4 is 5.32 Å². The van der Waals surface area contributed by atoms with Crippen molar-refractivity contribution in [1.82, 2.24) is 5.32 Å². The fourth-order valence-corrected chi connectivity index (χ4v) is 4.13. The van der Waals surface area contributed by atoms with Crippen molar-refractivity contribution in [3.8, 4) is 0 Å². The Bertz CT molecular complexity index is 527. The van der Waals surface area contributed by atoms with E-state index < -0.39 is 15.9 Å². The number of aliphatic hydroxyl groups is 1. The molecular formula is C14H21NO3S. The highest BCUT2D eigenvalue weighted by molar-refractivity contribution is 7.91. The first-order chi connectivity index (χ1) is 8.96. The van der Waals surface area contributed by atoms with E-state index in [9.17, 15) is 13.5 Å². The lowest BCUT2D eigenvalue weighted by molar-refractivity contribution is 0.169. The van der Waals surface area contributed by atoms with Gasteiger partial charge in [0.15, 0.2) is 9.84 Å². The summed E-state index contributed by atoms with van der Waals surface area (Å²) in [5, 5.41) is 13.3. The Morgan fingerprint density at radius 1 is 1.47 bits per heavy atom. The number of aliphatic hydroxyl groups excluding tert-OH is 1. The van der Waals surface area contributed by atoms with Crippen LogP contribution in [0.3, 0.4) is 0 Å². The fraction of sp³-hybridized carbons (Fsp3) is 0.571. The van der Waals surface area contributed by atoms with Gasteiger partial charge >= 0.3 is 0 Å². The molecule has 1 saturated heterocycles. The number of rotatable bonds is 4. The van der Waals surface area contributed by atoms with Crippen molar-refractivity contribution >= 4 is 9.84 Å². The third-order valence-corrected chi connectivity index (χ3v) is 5.31. The molecule has 4 nitrogen and oxygen atoms in total. The largest absolute Gasteiger partial charge is 0.387 e. The van der Waals surface area contributed by atoms with Crippen molar-refractivity contribution in [3.05, 3.63) is 35.4 Å². The van der Waals surface area contributed by atoms with Gasteiger partial charge in [-0.25, -0.2) is 8.42 Å². The third kappa shape index (κ3) is 4.30. The minimum atomic E-state index is -2.90. The molecule has 1 aliphatic rings. The zero-order valence-corrected chi connectivity index (χ0v) is 12.0. The Labute approximate surface area is 114 Å². The van der Waals surface area contributed by atoms with Gasteiger partial charge in [-0.05, 0) is 25.3 Å². The topological polar surface area (TPSA) is 66.4 Å². The first kappa shape index (κ1) is 14.5. The average Bonchev–Trinajstić information content (AvgIpc) is 2.35. The summed E-state index contributed by atoms with van der Waals surface area (Å²) in [7, 11) is -2.90. The molecule has 0 aromatic heterocycles. The Balaban J connectivity index is 1.88. The van der Waals surface area contributed by atoms with Gasteiger partial charge in [0.25, 0.3) is 0 Å². The van der Waals surface area contributed by atoms with Crippen LogP contribution in [0, 0.1) is 6.92 Å². The Morgan fingerprint density at radius 2 is 2.26 bits per heavy atom. The van der Waals surface area contributed by atoms with Gasteiger partial charge in [-0.3, -0.25) is 0 Å². The van der Waals surface area contributed by atoms with Crippen molar-refractivity contribution in [3.63, 3.8) is 0 Å². The number of hydrogen-bond donors (Lipinski definition) is 2. The molecule has 2 rings (SSSR count). The van der Waals surface area contributed by atoms with E-state index in [2.05, 4.69) is 5.32 Å². The van der Waals surface area contributed by atoms with E-state index in [-0.39, 0.29) is 11.8 Å². The normalized spacial score (nSPS) is 24.0. The maximum atomic E-state index is 11.5. The van der Waals surface area contributed by atoms with Crippen LogP contribution in [-0.2, 0) is 9.84 Å². The molecule has 106 valence electrons. The molecule has 2 N–H and O–H groups in total. The van der Waals surface area contributed by atoms with Gasteiger partial charge in [0.2, 0.25) is 0 Å². The van der Waals surface area contributed by atoms with Crippen LogP contribution in [-0.4, -0.2) is 37.6 Å². The summed E-state index contributed by atoms with van der Waals surface area (Å²) < 4.78 is 23.0. The van der Waals surface area contributed by atoms with E-state index in [1.54, 1.807) is 0 Å². The van der Waals surface area contributed by atoms with Crippen molar-refractivity contribution < 1.29 is 13.5 Å². The average molecular weight is 283 g/mol. The SMILES string of the molecule is Cc1cccc(C(O)CNC2CCCS(=O)(=O)C2)c1. The third-order valence-electron chi connectivity index (χ3n) is 3.49. The number of sulfone groups is 1. The number of nitrogens with one attached hydrogen (secondary N) is 1. The van der Waals surface area contributed by atoms with Crippen LogP contribution in [0.5, 0.6) is 0 Å². The zero-order chi connectivity index (χ0) is 13.9. The molecule has 1 fully saturated rings. The number of hydrogen-bond acceptors (Lipinski definition) is 4. The maximum absolute atomic E-state index is 11.5. The molecule has 1 heterocycles. The van der Waals surface area contributed by atoms with Gasteiger partial charge in [-0.2, -0.15) is 0 Å². The first-order valence-electron chi connectivity index (χ1n) is 6.65. The predicted molar refractivity (Wildman–Crippen MR) is 75.8 cm³/mol. The van der Waals surface area contributed by atoms with Crippen molar-refractivity contribution in [2.24, 2.45) is 0 Å². The molecule has 0 bridgehead atoms. The molecule has 2 unspecified atom stereocenters. The van der Waals surface area contributed by atoms with Crippen LogP contribution in [0.2, 0.25) is 0 Å². The second-order valence-corrected chi connectivity index (χ2v) is 7.52. The molecule has 0 aliphatic carbocycles.